The first kappa shape index (κ1) is 13.9. The topological polar surface area (TPSA) is 55.6 Å². The maximum Gasteiger partial charge on any atom is 0.223 e. The maximum absolute atomic E-state index is 4.64. The van der Waals surface area contributed by atoms with Gasteiger partial charge < -0.3 is 5.32 Å². The van der Waals surface area contributed by atoms with Gasteiger partial charge in [-0.25, -0.2) is 14.6 Å². The van der Waals surface area contributed by atoms with Crippen LogP contribution >= 0.6 is 0 Å². The van der Waals surface area contributed by atoms with Gasteiger partial charge in [0, 0.05) is 24.0 Å². The number of nitrogens with one attached hydrogen (secondary N) is 1. The molecule has 0 atom stereocenters. The summed E-state index contributed by atoms with van der Waals surface area (Å²) in [6.45, 7) is 0. The number of aromatic nitrogens is 4. The smallest absolute Gasteiger partial charge is 0.223 e. The van der Waals surface area contributed by atoms with E-state index < -0.39 is 0 Å². The quantitative estimate of drug-likeness (QED) is 0.799. The zero-order valence-electron chi connectivity index (χ0n) is 12.9. The lowest BCUT2D eigenvalue weighted by Gasteiger charge is -2.11. The van der Waals surface area contributed by atoms with Crippen molar-refractivity contribution in [3.8, 4) is 16.9 Å². The van der Waals surface area contributed by atoms with E-state index in [1.807, 2.05) is 53.5 Å². The summed E-state index contributed by atoms with van der Waals surface area (Å²) in [6.07, 6.45) is 10.6. The fourth-order valence-electron chi connectivity index (χ4n) is 3.02. The van der Waals surface area contributed by atoms with Crippen molar-refractivity contribution in [3.05, 3.63) is 55.0 Å². The molecule has 5 heteroatoms. The lowest BCUT2D eigenvalue weighted by molar-refractivity contribution is 0.744. The summed E-state index contributed by atoms with van der Waals surface area (Å²) in [4.78, 5) is 8.98. The SMILES string of the molecule is c1ccc(-n2cc(-c3ccnc(NC4CCCC4)n3)cn2)cc1. The van der Waals surface area contributed by atoms with E-state index in [1.165, 1.54) is 25.7 Å². The Labute approximate surface area is 135 Å². The van der Waals surface area contributed by atoms with Gasteiger partial charge in [-0.2, -0.15) is 5.10 Å². The highest BCUT2D eigenvalue weighted by atomic mass is 15.3. The molecule has 0 bridgehead atoms. The van der Waals surface area contributed by atoms with Gasteiger partial charge in [-0.1, -0.05) is 31.0 Å². The number of rotatable bonds is 4. The number of benzene rings is 1. The predicted molar refractivity (Wildman–Crippen MR) is 90.5 cm³/mol. The third kappa shape index (κ3) is 3.08. The fourth-order valence-corrected chi connectivity index (χ4v) is 3.02. The molecule has 0 amide bonds. The summed E-state index contributed by atoms with van der Waals surface area (Å²) in [6, 6.07) is 12.5. The van der Waals surface area contributed by atoms with Gasteiger partial charge in [0.1, 0.15) is 0 Å². The molecule has 0 radical (unpaired) electrons. The highest BCUT2D eigenvalue weighted by Gasteiger charge is 2.16. The van der Waals surface area contributed by atoms with Gasteiger partial charge in [0.2, 0.25) is 5.95 Å². The van der Waals surface area contributed by atoms with Gasteiger partial charge in [-0.05, 0) is 31.0 Å². The fraction of sp³-hybridized carbons (Fsp3) is 0.278. The molecule has 116 valence electrons. The molecular weight excluding hydrogens is 286 g/mol. The second-order valence-electron chi connectivity index (χ2n) is 5.90. The standard InChI is InChI=1S/C18H19N5/c1-2-8-16(9-3-1)23-13-14(12-20-23)17-10-11-19-18(22-17)21-15-6-4-5-7-15/h1-3,8-13,15H,4-7H2,(H,19,21,22). The van der Waals surface area contributed by atoms with Crippen molar-refractivity contribution in [2.24, 2.45) is 0 Å². The minimum Gasteiger partial charge on any atom is -0.351 e. The van der Waals surface area contributed by atoms with Gasteiger partial charge in [0.15, 0.2) is 0 Å². The molecule has 0 unspecified atom stereocenters. The van der Waals surface area contributed by atoms with E-state index in [-0.39, 0.29) is 0 Å². The molecular formula is C18H19N5. The zero-order valence-corrected chi connectivity index (χ0v) is 12.9. The van der Waals surface area contributed by atoms with Crippen molar-refractivity contribution in [1.29, 1.82) is 0 Å². The Kier molecular flexibility index (Phi) is 3.76. The minimum absolute atomic E-state index is 0.511. The molecule has 1 fully saturated rings. The summed E-state index contributed by atoms with van der Waals surface area (Å²) >= 11 is 0. The van der Waals surface area contributed by atoms with Crippen LogP contribution < -0.4 is 5.32 Å². The Morgan fingerprint density at radius 2 is 1.87 bits per heavy atom. The number of anilines is 1. The average Bonchev–Trinajstić information content (AvgIpc) is 3.28. The second-order valence-corrected chi connectivity index (χ2v) is 5.90. The molecule has 23 heavy (non-hydrogen) atoms. The zero-order chi connectivity index (χ0) is 15.5. The summed E-state index contributed by atoms with van der Waals surface area (Å²) in [5.74, 6) is 0.710. The van der Waals surface area contributed by atoms with Crippen molar-refractivity contribution in [2.45, 2.75) is 31.7 Å². The van der Waals surface area contributed by atoms with Crippen LogP contribution in [0.5, 0.6) is 0 Å². The first-order chi connectivity index (χ1) is 11.4. The molecule has 1 aliphatic rings. The van der Waals surface area contributed by atoms with Crippen LogP contribution in [0.3, 0.4) is 0 Å². The van der Waals surface area contributed by atoms with Crippen molar-refractivity contribution in [1.82, 2.24) is 19.7 Å². The van der Waals surface area contributed by atoms with Gasteiger partial charge in [-0.15, -0.1) is 0 Å². The van der Waals surface area contributed by atoms with E-state index in [9.17, 15) is 0 Å². The first-order valence-electron chi connectivity index (χ1n) is 8.08. The number of nitrogens with zero attached hydrogens (tertiary/aromatic N) is 4. The van der Waals surface area contributed by atoms with Crippen LogP contribution in [0.2, 0.25) is 0 Å². The van der Waals surface area contributed by atoms with Crippen molar-refractivity contribution < 1.29 is 0 Å². The van der Waals surface area contributed by atoms with Crippen LogP contribution in [0.1, 0.15) is 25.7 Å². The molecule has 2 heterocycles. The van der Waals surface area contributed by atoms with Gasteiger partial charge in [-0.3, -0.25) is 0 Å². The second kappa shape index (κ2) is 6.20. The lowest BCUT2D eigenvalue weighted by Crippen LogP contribution is -2.16. The van der Waals surface area contributed by atoms with E-state index >= 15 is 0 Å². The molecule has 0 aliphatic heterocycles. The van der Waals surface area contributed by atoms with Crippen LogP contribution in [0.4, 0.5) is 5.95 Å². The number of hydrogen-bond acceptors (Lipinski definition) is 4. The highest BCUT2D eigenvalue weighted by molar-refractivity contribution is 5.58. The molecule has 1 aromatic carbocycles. The Morgan fingerprint density at radius 3 is 2.70 bits per heavy atom. The summed E-state index contributed by atoms with van der Waals surface area (Å²) in [7, 11) is 0. The summed E-state index contributed by atoms with van der Waals surface area (Å²) in [5, 5.41) is 7.87. The van der Waals surface area contributed by atoms with E-state index in [2.05, 4.69) is 20.4 Å². The van der Waals surface area contributed by atoms with Gasteiger partial charge in [0.25, 0.3) is 0 Å². The molecule has 4 rings (SSSR count). The molecule has 2 aromatic heterocycles. The molecule has 5 nitrogen and oxygen atoms in total. The Bertz CT molecular complexity index is 775. The van der Waals surface area contributed by atoms with E-state index in [4.69, 9.17) is 0 Å². The molecule has 1 aliphatic carbocycles. The monoisotopic (exact) mass is 305 g/mol. The third-order valence-corrected chi connectivity index (χ3v) is 4.24. The molecule has 0 saturated heterocycles. The van der Waals surface area contributed by atoms with Gasteiger partial charge in [0.05, 0.1) is 17.6 Å². The van der Waals surface area contributed by atoms with Crippen LogP contribution in [0, 0.1) is 0 Å². The number of hydrogen-bond donors (Lipinski definition) is 1. The predicted octanol–water partition coefficient (Wildman–Crippen LogP) is 3.68. The summed E-state index contributed by atoms with van der Waals surface area (Å²) in [5.41, 5.74) is 2.92. The van der Waals surface area contributed by atoms with E-state index in [0.29, 0.717) is 12.0 Å². The maximum atomic E-state index is 4.64. The van der Waals surface area contributed by atoms with Crippen molar-refractivity contribution in [3.63, 3.8) is 0 Å². The normalized spacial score (nSPS) is 15.0. The molecule has 1 N–H and O–H groups in total. The summed E-state index contributed by atoms with van der Waals surface area (Å²) < 4.78 is 1.86. The minimum atomic E-state index is 0.511. The molecule has 3 aromatic rings. The largest absolute Gasteiger partial charge is 0.351 e. The Balaban J connectivity index is 1.57. The van der Waals surface area contributed by atoms with Gasteiger partial charge >= 0.3 is 0 Å². The highest BCUT2D eigenvalue weighted by Crippen LogP contribution is 2.22. The van der Waals surface area contributed by atoms with Crippen LogP contribution in [-0.2, 0) is 0 Å². The van der Waals surface area contributed by atoms with Crippen molar-refractivity contribution >= 4 is 5.95 Å². The van der Waals surface area contributed by atoms with Crippen LogP contribution in [0.15, 0.2) is 55.0 Å². The number of para-hydroxylation sites is 1. The van der Waals surface area contributed by atoms with Crippen LogP contribution in [0.25, 0.3) is 16.9 Å². The first-order valence-corrected chi connectivity index (χ1v) is 8.08. The molecule has 1 saturated carbocycles. The van der Waals surface area contributed by atoms with Crippen LogP contribution in [-0.4, -0.2) is 25.8 Å². The van der Waals surface area contributed by atoms with E-state index in [0.717, 1.165) is 16.9 Å². The van der Waals surface area contributed by atoms with E-state index in [1.54, 1.807) is 6.20 Å². The van der Waals surface area contributed by atoms with Crippen molar-refractivity contribution in [2.75, 3.05) is 5.32 Å². The third-order valence-electron chi connectivity index (χ3n) is 4.24. The Morgan fingerprint density at radius 1 is 1.04 bits per heavy atom. The molecule has 0 spiro atoms. The Hall–Kier alpha value is -2.69. The average molecular weight is 305 g/mol. The lowest BCUT2D eigenvalue weighted by atomic mass is 10.2.